The number of alkyl halides is 1. The van der Waals surface area contributed by atoms with Crippen molar-refractivity contribution in [1.82, 2.24) is 4.31 Å². The molecule has 0 amide bonds. The van der Waals surface area contributed by atoms with Gasteiger partial charge in [0.05, 0.1) is 4.90 Å². The second-order valence-electron chi connectivity index (χ2n) is 5.18. The number of aryl methyl sites for hydroxylation is 1. The number of halogens is 2. The fourth-order valence-electron chi connectivity index (χ4n) is 2.73. The standard InChI is InChI=1S/C14H19BrClNO2S/c1-3-12-5-4-6-17(12)20(18,19)13-8-11(9-16)7-10(2)14(13)15/h7-8,12H,3-6,9H2,1-2H3. The number of sulfonamides is 1. The largest absolute Gasteiger partial charge is 0.244 e. The predicted molar refractivity (Wildman–Crippen MR) is 85.6 cm³/mol. The van der Waals surface area contributed by atoms with Crippen LogP contribution in [0.4, 0.5) is 0 Å². The maximum atomic E-state index is 12.9. The van der Waals surface area contributed by atoms with Crippen LogP contribution in [0.3, 0.4) is 0 Å². The third kappa shape index (κ3) is 2.91. The van der Waals surface area contributed by atoms with E-state index in [0.717, 1.165) is 30.4 Å². The summed E-state index contributed by atoms with van der Waals surface area (Å²) in [7, 11) is -3.46. The van der Waals surface area contributed by atoms with E-state index in [1.807, 2.05) is 19.9 Å². The lowest BCUT2D eigenvalue weighted by Crippen LogP contribution is -2.35. The maximum absolute atomic E-state index is 12.9. The van der Waals surface area contributed by atoms with Gasteiger partial charge in [0, 0.05) is 22.9 Å². The van der Waals surface area contributed by atoms with Gasteiger partial charge in [-0.25, -0.2) is 8.42 Å². The number of nitrogens with zero attached hydrogens (tertiary/aromatic N) is 1. The van der Waals surface area contributed by atoms with Gasteiger partial charge in [-0.2, -0.15) is 4.31 Å². The molecular formula is C14H19BrClNO2S. The van der Waals surface area contributed by atoms with Crippen molar-refractivity contribution in [3.8, 4) is 0 Å². The van der Waals surface area contributed by atoms with Crippen molar-refractivity contribution in [2.75, 3.05) is 6.54 Å². The Hall–Kier alpha value is -0.100. The Morgan fingerprint density at radius 1 is 1.45 bits per heavy atom. The molecule has 1 fully saturated rings. The zero-order chi connectivity index (χ0) is 14.9. The summed E-state index contributed by atoms with van der Waals surface area (Å²) in [6.07, 6.45) is 2.73. The molecule has 0 spiro atoms. The summed E-state index contributed by atoms with van der Waals surface area (Å²) in [5.74, 6) is 0.313. The second kappa shape index (κ2) is 6.34. The topological polar surface area (TPSA) is 37.4 Å². The number of rotatable bonds is 4. The Morgan fingerprint density at radius 3 is 2.75 bits per heavy atom. The van der Waals surface area contributed by atoms with Crippen molar-refractivity contribution < 1.29 is 8.42 Å². The van der Waals surface area contributed by atoms with Crippen LogP contribution in [0.2, 0.25) is 0 Å². The van der Waals surface area contributed by atoms with E-state index >= 15 is 0 Å². The summed E-state index contributed by atoms with van der Waals surface area (Å²) < 4.78 is 28.1. The normalized spacial score (nSPS) is 20.5. The van der Waals surface area contributed by atoms with E-state index in [9.17, 15) is 8.42 Å². The minimum Gasteiger partial charge on any atom is -0.207 e. The quantitative estimate of drug-likeness (QED) is 0.739. The first kappa shape index (κ1) is 16.3. The molecule has 3 nitrogen and oxygen atoms in total. The molecule has 0 bridgehead atoms. The number of hydrogen-bond donors (Lipinski definition) is 0. The Bertz CT molecular complexity index is 603. The highest BCUT2D eigenvalue weighted by atomic mass is 79.9. The van der Waals surface area contributed by atoms with E-state index in [4.69, 9.17) is 11.6 Å². The third-order valence-electron chi connectivity index (χ3n) is 3.82. The van der Waals surface area contributed by atoms with Gasteiger partial charge >= 0.3 is 0 Å². The van der Waals surface area contributed by atoms with Crippen LogP contribution in [-0.4, -0.2) is 25.3 Å². The van der Waals surface area contributed by atoms with Crippen molar-refractivity contribution in [2.45, 2.75) is 49.9 Å². The average molecular weight is 381 g/mol. The lowest BCUT2D eigenvalue weighted by atomic mass is 10.2. The Labute approximate surface area is 134 Å². The molecule has 6 heteroatoms. The van der Waals surface area contributed by atoms with Gasteiger partial charge < -0.3 is 0 Å². The fraction of sp³-hybridized carbons (Fsp3) is 0.571. The van der Waals surface area contributed by atoms with Crippen molar-refractivity contribution >= 4 is 37.6 Å². The smallest absolute Gasteiger partial charge is 0.207 e. The first-order chi connectivity index (χ1) is 9.41. The minimum absolute atomic E-state index is 0.117. The minimum atomic E-state index is -3.46. The molecule has 0 saturated carbocycles. The first-order valence-electron chi connectivity index (χ1n) is 6.78. The molecule has 20 heavy (non-hydrogen) atoms. The molecule has 1 aromatic rings. The van der Waals surface area contributed by atoms with E-state index < -0.39 is 10.0 Å². The molecule has 0 N–H and O–H groups in total. The summed E-state index contributed by atoms with van der Waals surface area (Å²) >= 11 is 9.28. The first-order valence-corrected chi connectivity index (χ1v) is 9.55. The van der Waals surface area contributed by atoms with E-state index in [0.29, 0.717) is 21.8 Å². The summed E-state index contributed by atoms with van der Waals surface area (Å²) in [5.41, 5.74) is 1.73. The van der Waals surface area contributed by atoms with Crippen LogP contribution in [0.5, 0.6) is 0 Å². The Morgan fingerprint density at radius 2 is 2.15 bits per heavy atom. The van der Waals surface area contributed by atoms with Gasteiger partial charge in [-0.05, 0) is 59.3 Å². The Kier molecular flexibility index (Phi) is 5.16. The van der Waals surface area contributed by atoms with Gasteiger partial charge in [-0.3, -0.25) is 0 Å². The molecule has 0 aliphatic carbocycles. The molecule has 1 atom stereocenters. The van der Waals surface area contributed by atoms with Crippen molar-refractivity contribution in [2.24, 2.45) is 0 Å². The lowest BCUT2D eigenvalue weighted by Gasteiger charge is -2.24. The van der Waals surface area contributed by atoms with Crippen molar-refractivity contribution in [3.63, 3.8) is 0 Å². The molecule has 1 heterocycles. The number of benzene rings is 1. The Balaban J connectivity index is 2.51. The highest BCUT2D eigenvalue weighted by molar-refractivity contribution is 9.10. The number of hydrogen-bond acceptors (Lipinski definition) is 2. The van der Waals surface area contributed by atoms with Crippen LogP contribution in [-0.2, 0) is 15.9 Å². The van der Waals surface area contributed by atoms with Crippen molar-refractivity contribution in [3.05, 3.63) is 27.7 Å². The molecule has 1 aliphatic heterocycles. The van der Waals surface area contributed by atoms with Crippen molar-refractivity contribution in [1.29, 1.82) is 0 Å². The molecule has 112 valence electrons. The van der Waals surface area contributed by atoms with Gasteiger partial charge in [-0.1, -0.05) is 13.0 Å². The lowest BCUT2D eigenvalue weighted by molar-refractivity contribution is 0.379. The molecule has 2 rings (SSSR count). The molecule has 0 radical (unpaired) electrons. The van der Waals surface area contributed by atoms with Crippen LogP contribution in [0.1, 0.15) is 37.3 Å². The average Bonchev–Trinajstić information content (AvgIpc) is 2.90. The zero-order valence-corrected chi connectivity index (χ0v) is 14.9. The fourth-order valence-corrected chi connectivity index (χ4v) is 5.69. The zero-order valence-electron chi connectivity index (χ0n) is 11.7. The summed E-state index contributed by atoms with van der Waals surface area (Å²) in [5, 5.41) is 0. The van der Waals surface area contributed by atoms with Crippen LogP contribution in [0.15, 0.2) is 21.5 Å². The highest BCUT2D eigenvalue weighted by Gasteiger charge is 2.35. The summed E-state index contributed by atoms with van der Waals surface area (Å²) in [4.78, 5) is 0.341. The van der Waals surface area contributed by atoms with E-state index in [2.05, 4.69) is 15.9 Å². The monoisotopic (exact) mass is 379 g/mol. The van der Waals surface area contributed by atoms with Gasteiger partial charge in [-0.15, -0.1) is 11.6 Å². The predicted octanol–water partition coefficient (Wildman–Crippen LogP) is 4.06. The summed E-state index contributed by atoms with van der Waals surface area (Å²) in [6, 6.07) is 3.72. The van der Waals surface area contributed by atoms with Gasteiger partial charge in [0.25, 0.3) is 0 Å². The van der Waals surface area contributed by atoms with Gasteiger partial charge in [0.1, 0.15) is 0 Å². The van der Waals surface area contributed by atoms with Gasteiger partial charge in [0.15, 0.2) is 0 Å². The van der Waals surface area contributed by atoms with Crippen LogP contribution >= 0.6 is 27.5 Å². The maximum Gasteiger partial charge on any atom is 0.244 e. The van der Waals surface area contributed by atoms with Crippen LogP contribution in [0.25, 0.3) is 0 Å². The highest BCUT2D eigenvalue weighted by Crippen LogP contribution is 2.34. The molecule has 0 aromatic heterocycles. The molecule has 1 aliphatic rings. The molecular weight excluding hydrogens is 362 g/mol. The van der Waals surface area contributed by atoms with Gasteiger partial charge in [0.2, 0.25) is 10.0 Å². The second-order valence-corrected chi connectivity index (χ2v) is 8.10. The van der Waals surface area contributed by atoms with Crippen LogP contribution in [0, 0.1) is 6.92 Å². The molecule has 1 unspecified atom stereocenters. The van der Waals surface area contributed by atoms with E-state index in [1.165, 1.54) is 0 Å². The van der Waals surface area contributed by atoms with Crippen LogP contribution < -0.4 is 0 Å². The summed E-state index contributed by atoms with van der Waals surface area (Å²) in [6.45, 7) is 4.53. The van der Waals surface area contributed by atoms with E-state index in [1.54, 1.807) is 10.4 Å². The third-order valence-corrected chi connectivity index (χ3v) is 7.42. The van der Waals surface area contributed by atoms with E-state index in [-0.39, 0.29) is 6.04 Å². The molecule has 1 aromatic carbocycles. The molecule has 1 saturated heterocycles. The SMILES string of the molecule is CCC1CCCN1S(=O)(=O)c1cc(CCl)cc(C)c1Br.